The summed E-state index contributed by atoms with van der Waals surface area (Å²) in [6, 6.07) is 8.49. The monoisotopic (exact) mass is 329 g/mol. The number of hydrogen-bond donors (Lipinski definition) is 1. The molecule has 0 bridgehead atoms. The highest BCUT2D eigenvalue weighted by Crippen LogP contribution is 2.26. The molecule has 0 saturated heterocycles. The molecular formula is C19H17F2NO2. The highest BCUT2D eigenvalue weighted by molar-refractivity contribution is 5.92. The summed E-state index contributed by atoms with van der Waals surface area (Å²) in [6.07, 6.45) is 3.96. The van der Waals surface area contributed by atoms with Gasteiger partial charge in [0.15, 0.2) is 0 Å². The Hall–Kier alpha value is -2.69. The Labute approximate surface area is 139 Å². The van der Waals surface area contributed by atoms with Crippen LogP contribution in [0.2, 0.25) is 0 Å². The van der Waals surface area contributed by atoms with Crippen molar-refractivity contribution in [3.63, 3.8) is 0 Å². The molecule has 24 heavy (non-hydrogen) atoms. The predicted octanol–water partition coefficient (Wildman–Crippen LogP) is 3.79. The molecule has 0 fully saturated rings. The molecule has 0 aliphatic carbocycles. The van der Waals surface area contributed by atoms with Gasteiger partial charge in [0.2, 0.25) is 5.91 Å². The Kier molecular flexibility index (Phi) is 4.60. The molecule has 1 N–H and O–H groups in total. The van der Waals surface area contributed by atoms with Crippen molar-refractivity contribution in [1.29, 1.82) is 0 Å². The number of ether oxygens (including phenoxy) is 1. The fourth-order valence-electron chi connectivity index (χ4n) is 2.67. The Morgan fingerprint density at radius 2 is 2.08 bits per heavy atom. The molecule has 2 aromatic carbocycles. The fourth-order valence-corrected chi connectivity index (χ4v) is 2.67. The van der Waals surface area contributed by atoms with E-state index in [-0.39, 0.29) is 11.5 Å². The lowest BCUT2D eigenvalue weighted by atomic mass is 10.1. The molecule has 0 spiro atoms. The minimum absolute atomic E-state index is 0.243. The minimum Gasteiger partial charge on any atom is -0.493 e. The molecule has 1 aliphatic rings. The molecule has 1 aliphatic heterocycles. The highest BCUT2D eigenvalue weighted by Gasteiger charge is 2.14. The molecule has 1 heterocycles. The van der Waals surface area contributed by atoms with Gasteiger partial charge >= 0.3 is 0 Å². The van der Waals surface area contributed by atoms with Gasteiger partial charge in [-0.1, -0.05) is 12.1 Å². The van der Waals surface area contributed by atoms with E-state index in [1.165, 1.54) is 18.2 Å². The molecule has 0 radical (unpaired) electrons. The van der Waals surface area contributed by atoms with Crippen molar-refractivity contribution < 1.29 is 18.3 Å². The zero-order chi connectivity index (χ0) is 17.1. The molecule has 2 aromatic rings. The first-order valence-corrected chi connectivity index (χ1v) is 7.72. The van der Waals surface area contributed by atoms with Crippen LogP contribution in [-0.4, -0.2) is 12.5 Å². The Balaban J connectivity index is 1.64. The number of hydrogen-bond acceptors (Lipinski definition) is 2. The van der Waals surface area contributed by atoms with Crippen molar-refractivity contribution in [1.82, 2.24) is 5.32 Å². The molecule has 1 atom stereocenters. The third kappa shape index (κ3) is 3.62. The SMILES string of the molecule is CC(NC(=O)/C=C/c1ccc2c(c1)CCO2)c1ccc(F)cc1F. The number of amides is 1. The van der Waals surface area contributed by atoms with E-state index in [9.17, 15) is 13.6 Å². The second-order valence-corrected chi connectivity index (χ2v) is 5.70. The van der Waals surface area contributed by atoms with Gasteiger partial charge in [-0.3, -0.25) is 4.79 Å². The van der Waals surface area contributed by atoms with E-state index in [0.29, 0.717) is 6.61 Å². The summed E-state index contributed by atoms with van der Waals surface area (Å²) in [5.41, 5.74) is 2.27. The first-order chi connectivity index (χ1) is 11.5. The van der Waals surface area contributed by atoms with Crippen LogP contribution in [-0.2, 0) is 11.2 Å². The smallest absolute Gasteiger partial charge is 0.244 e. The number of carbonyl (C=O) groups excluding carboxylic acids is 1. The van der Waals surface area contributed by atoms with E-state index in [1.807, 2.05) is 18.2 Å². The summed E-state index contributed by atoms with van der Waals surface area (Å²) in [5, 5.41) is 2.67. The number of benzene rings is 2. The molecule has 124 valence electrons. The van der Waals surface area contributed by atoms with E-state index in [0.717, 1.165) is 29.4 Å². The van der Waals surface area contributed by atoms with Crippen LogP contribution in [0.4, 0.5) is 8.78 Å². The Bertz CT molecular complexity index is 802. The molecule has 3 nitrogen and oxygen atoms in total. The first kappa shape index (κ1) is 16.2. The number of fused-ring (bicyclic) bond motifs is 1. The van der Waals surface area contributed by atoms with Gasteiger partial charge in [0.1, 0.15) is 17.4 Å². The molecule has 0 aromatic heterocycles. The van der Waals surface area contributed by atoms with Crippen molar-refractivity contribution in [2.45, 2.75) is 19.4 Å². The van der Waals surface area contributed by atoms with Crippen LogP contribution in [0.5, 0.6) is 5.75 Å². The second kappa shape index (κ2) is 6.83. The molecular weight excluding hydrogens is 312 g/mol. The van der Waals surface area contributed by atoms with E-state index >= 15 is 0 Å². The zero-order valence-corrected chi connectivity index (χ0v) is 13.2. The van der Waals surface area contributed by atoms with Gasteiger partial charge in [0.25, 0.3) is 0 Å². The van der Waals surface area contributed by atoms with Crippen molar-refractivity contribution in [3.8, 4) is 5.75 Å². The minimum atomic E-state index is -0.676. The number of carbonyl (C=O) groups is 1. The molecule has 1 unspecified atom stereocenters. The normalized spacial score (nSPS) is 14.3. The third-order valence-corrected chi connectivity index (χ3v) is 3.93. The van der Waals surface area contributed by atoms with Gasteiger partial charge in [-0.25, -0.2) is 8.78 Å². The molecule has 5 heteroatoms. The average Bonchev–Trinajstić information content (AvgIpc) is 3.00. The summed E-state index contributed by atoms with van der Waals surface area (Å²) < 4.78 is 32.1. The molecule has 1 amide bonds. The maximum absolute atomic E-state index is 13.7. The van der Waals surface area contributed by atoms with Gasteiger partial charge in [0.05, 0.1) is 12.6 Å². The summed E-state index contributed by atoms with van der Waals surface area (Å²) >= 11 is 0. The van der Waals surface area contributed by atoms with Crippen molar-refractivity contribution in [3.05, 3.63) is 70.8 Å². The third-order valence-electron chi connectivity index (χ3n) is 3.93. The van der Waals surface area contributed by atoms with Crippen LogP contribution < -0.4 is 10.1 Å². The topological polar surface area (TPSA) is 38.3 Å². The molecule has 0 saturated carbocycles. The highest BCUT2D eigenvalue weighted by atomic mass is 19.1. The van der Waals surface area contributed by atoms with Crippen LogP contribution in [0.3, 0.4) is 0 Å². The standard InChI is InChI=1S/C19H17F2NO2/c1-12(16-5-4-15(20)11-17(16)21)22-19(23)7-3-13-2-6-18-14(10-13)8-9-24-18/h2-7,10-12H,8-9H2,1H3,(H,22,23)/b7-3+. The fraction of sp³-hybridized carbons (Fsp3) is 0.211. The largest absolute Gasteiger partial charge is 0.493 e. The lowest BCUT2D eigenvalue weighted by molar-refractivity contribution is -0.117. The number of halogens is 2. The summed E-state index contributed by atoms with van der Waals surface area (Å²) in [7, 11) is 0. The maximum atomic E-state index is 13.7. The zero-order valence-electron chi connectivity index (χ0n) is 13.2. The summed E-state index contributed by atoms with van der Waals surface area (Å²) in [6.45, 7) is 2.33. The number of nitrogens with one attached hydrogen (secondary N) is 1. The maximum Gasteiger partial charge on any atom is 0.244 e. The van der Waals surface area contributed by atoms with Crippen LogP contribution >= 0.6 is 0 Å². The van der Waals surface area contributed by atoms with Crippen molar-refractivity contribution in [2.24, 2.45) is 0 Å². The summed E-state index contributed by atoms with van der Waals surface area (Å²) in [4.78, 5) is 12.0. The number of rotatable bonds is 4. The van der Waals surface area contributed by atoms with E-state index in [1.54, 1.807) is 13.0 Å². The Morgan fingerprint density at radius 1 is 1.25 bits per heavy atom. The van der Waals surface area contributed by atoms with Crippen molar-refractivity contribution >= 4 is 12.0 Å². The lowest BCUT2D eigenvalue weighted by Gasteiger charge is -2.13. The van der Waals surface area contributed by atoms with Crippen LogP contribution in [0.25, 0.3) is 6.08 Å². The van der Waals surface area contributed by atoms with Crippen LogP contribution in [0.1, 0.15) is 29.7 Å². The van der Waals surface area contributed by atoms with Gasteiger partial charge in [-0.2, -0.15) is 0 Å². The van der Waals surface area contributed by atoms with Gasteiger partial charge < -0.3 is 10.1 Å². The van der Waals surface area contributed by atoms with Gasteiger partial charge in [-0.05, 0) is 42.3 Å². The lowest BCUT2D eigenvalue weighted by Crippen LogP contribution is -2.25. The van der Waals surface area contributed by atoms with Crippen LogP contribution in [0, 0.1) is 11.6 Å². The second-order valence-electron chi connectivity index (χ2n) is 5.70. The Morgan fingerprint density at radius 3 is 2.88 bits per heavy atom. The van der Waals surface area contributed by atoms with Gasteiger partial charge in [-0.15, -0.1) is 0 Å². The summed E-state index contributed by atoms with van der Waals surface area (Å²) in [5.74, 6) is -0.777. The molecule has 3 rings (SSSR count). The first-order valence-electron chi connectivity index (χ1n) is 7.72. The average molecular weight is 329 g/mol. The predicted molar refractivity (Wildman–Crippen MR) is 87.6 cm³/mol. The van der Waals surface area contributed by atoms with E-state index in [2.05, 4.69) is 5.32 Å². The van der Waals surface area contributed by atoms with Crippen molar-refractivity contribution in [2.75, 3.05) is 6.61 Å². The van der Waals surface area contributed by atoms with E-state index in [4.69, 9.17) is 4.74 Å². The van der Waals surface area contributed by atoms with E-state index < -0.39 is 17.7 Å². The van der Waals surface area contributed by atoms with Gasteiger partial charge in [0, 0.05) is 24.1 Å². The van der Waals surface area contributed by atoms with Crippen LogP contribution in [0.15, 0.2) is 42.5 Å². The quantitative estimate of drug-likeness (QED) is 0.867.